The molecule has 0 saturated heterocycles. The smallest absolute Gasteiger partial charge is 0.311 e. The van der Waals surface area contributed by atoms with E-state index in [2.05, 4.69) is 17.9 Å². The standard InChI is InChI=1S/C7H13NO2S/c1-3-10-7(9)4-6(5-11)8-2/h5,8,11H,3-4H2,1-2H3/b6-5-. The van der Waals surface area contributed by atoms with E-state index in [0.29, 0.717) is 6.61 Å². The van der Waals surface area contributed by atoms with Gasteiger partial charge in [-0.1, -0.05) is 0 Å². The molecule has 0 aromatic rings. The maximum Gasteiger partial charge on any atom is 0.311 e. The van der Waals surface area contributed by atoms with Gasteiger partial charge in [-0.15, -0.1) is 12.6 Å². The topological polar surface area (TPSA) is 38.3 Å². The molecule has 0 unspecified atom stereocenters. The maximum atomic E-state index is 10.8. The zero-order valence-electron chi connectivity index (χ0n) is 6.76. The van der Waals surface area contributed by atoms with Crippen LogP contribution in [0.3, 0.4) is 0 Å². The number of thiol groups is 1. The molecule has 0 aromatic heterocycles. The fraction of sp³-hybridized carbons (Fsp3) is 0.571. The van der Waals surface area contributed by atoms with Crippen LogP contribution in [0.15, 0.2) is 11.1 Å². The molecule has 3 nitrogen and oxygen atoms in total. The quantitative estimate of drug-likeness (QED) is 0.493. The lowest BCUT2D eigenvalue weighted by Gasteiger charge is -2.04. The second-order valence-corrected chi connectivity index (χ2v) is 2.14. The Morgan fingerprint density at radius 3 is 2.73 bits per heavy atom. The minimum absolute atomic E-state index is 0.234. The van der Waals surface area contributed by atoms with Crippen molar-refractivity contribution in [1.29, 1.82) is 0 Å². The van der Waals surface area contributed by atoms with Gasteiger partial charge in [0.15, 0.2) is 0 Å². The second-order valence-electron chi connectivity index (χ2n) is 1.89. The van der Waals surface area contributed by atoms with Crippen LogP contribution in [-0.4, -0.2) is 19.6 Å². The van der Waals surface area contributed by atoms with Gasteiger partial charge in [-0.25, -0.2) is 0 Å². The van der Waals surface area contributed by atoms with Crippen molar-refractivity contribution in [1.82, 2.24) is 5.32 Å². The Morgan fingerprint density at radius 2 is 2.36 bits per heavy atom. The van der Waals surface area contributed by atoms with E-state index in [1.165, 1.54) is 0 Å². The van der Waals surface area contributed by atoms with Crippen molar-refractivity contribution in [2.24, 2.45) is 0 Å². The molecule has 0 bridgehead atoms. The number of ether oxygens (including phenoxy) is 1. The molecule has 0 saturated carbocycles. The molecule has 0 rings (SSSR count). The number of carbonyl (C=O) groups is 1. The van der Waals surface area contributed by atoms with E-state index in [9.17, 15) is 4.79 Å². The number of nitrogens with one attached hydrogen (secondary N) is 1. The summed E-state index contributed by atoms with van der Waals surface area (Å²) in [7, 11) is 1.74. The Kier molecular flexibility index (Phi) is 5.74. The molecule has 0 aliphatic heterocycles. The summed E-state index contributed by atoms with van der Waals surface area (Å²) in [5.74, 6) is -0.234. The average Bonchev–Trinajstić information content (AvgIpc) is 2.01. The Hall–Kier alpha value is -0.640. The first kappa shape index (κ1) is 10.4. The van der Waals surface area contributed by atoms with Crippen molar-refractivity contribution in [3.63, 3.8) is 0 Å². The van der Waals surface area contributed by atoms with E-state index >= 15 is 0 Å². The highest BCUT2D eigenvalue weighted by Gasteiger charge is 2.03. The van der Waals surface area contributed by atoms with Crippen LogP contribution in [0.1, 0.15) is 13.3 Å². The van der Waals surface area contributed by atoms with Crippen molar-refractivity contribution in [3.05, 3.63) is 11.1 Å². The third-order valence-electron chi connectivity index (χ3n) is 1.12. The van der Waals surface area contributed by atoms with Gasteiger partial charge < -0.3 is 10.1 Å². The molecule has 0 aliphatic carbocycles. The van der Waals surface area contributed by atoms with Gasteiger partial charge in [0.05, 0.1) is 13.0 Å². The van der Waals surface area contributed by atoms with E-state index < -0.39 is 0 Å². The van der Waals surface area contributed by atoms with Gasteiger partial charge in [0.25, 0.3) is 0 Å². The van der Waals surface area contributed by atoms with Gasteiger partial charge in [0.2, 0.25) is 0 Å². The highest BCUT2D eigenvalue weighted by atomic mass is 32.1. The molecular formula is C7H13NO2S. The van der Waals surface area contributed by atoms with Crippen molar-refractivity contribution in [3.8, 4) is 0 Å². The Labute approximate surface area is 72.2 Å². The maximum absolute atomic E-state index is 10.8. The van der Waals surface area contributed by atoms with Gasteiger partial charge in [-0.2, -0.15) is 0 Å². The third-order valence-corrected chi connectivity index (χ3v) is 1.43. The van der Waals surface area contributed by atoms with Crippen molar-refractivity contribution in [2.45, 2.75) is 13.3 Å². The van der Waals surface area contributed by atoms with Crippen LogP contribution in [0.4, 0.5) is 0 Å². The fourth-order valence-electron chi connectivity index (χ4n) is 0.566. The zero-order valence-corrected chi connectivity index (χ0v) is 7.65. The number of hydrogen-bond donors (Lipinski definition) is 2. The van der Waals surface area contributed by atoms with Crippen molar-refractivity contribution < 1.29 is 9.53 Å². The molecule has 0 aliphatic rings. The molecule has 1 N–H and O–H groups in total. The second kappa shape index (κ2) is 6.09. The minimum atomic E-state index is -0.234. The molecular weight excluding hydrogens is 162 g/mol. The highest BCUT2D eigenvalue weighted by molar-refractivity contribution is 7.83. The molecule has 0 heterocycles. The monoisotopic (exact) mass is 175 g/mol. The van der Waals surface area contributed by atoms with Gasteiger partial charge >= 0.3 is 5.97 Å². The minimum Gasteiger partial charge on any atom is -0.466 e. The Morgan fingerprint density at radius 1 is 1.73 bits per heavy atom. The van der Waals surface area contributed by atoms with E-state index in [4.69, 9.17) is 4.74 Å². The fourth-order valence-corrected chi connectivity index (χ4v) is 0.786. The summed E-state index contributed by atoms with van der Waals surface area (Å²) < 4.78 is 4.72. The summed E-state index contributed by atoms with van der Waals surface area (Å²) in [6, 6.07) is 0. The summed E-state index contributed by atoms with van der Waals surface area (Å²) >= 11 is 3.91. The molecule has 0 radical (unpaired) electrons. The van der Waals surface area contributed by atoms with Gasteiger partial charge in [-0.3, -0.25) is 4.79 Å². The van der Waals surface area contributed by atoms with Crippen molar-refractivity contribution >= 4 is 18.6 Å². The van der Waals surface area contributed by atoms with Gasteiger partial charge in [0, 0.05) is 12.7 Å². The van der Waals surface area contributed by atoms with Crippen LogP contribution in [0, 0.1) is 0 Å². The molecule has 0 fully saturated rings. The van der Waals surface area contributed by atoms with Gasteiger partial charge in [-0.05, 0) is 12.3 Å². The van der Waals surface area contributed by atoms with Crippen molar-refractivity contribution in [2.75, 3.05) is 13.7 Å². The van der Waals surface area contributed by atoms with Crippen LogP contribution in [0.25, 0.3) is 0 Å². The van der Waals surface area contributed by atoms with E-state index in [1.54, 1.807) is 19.4 Å². The molecule has 0 aromatic carbocycles. The van der Waals surface area contributed by atoms with Crippen LogP contribution in [0.5, 0.6) is 0 Å². The lowest BCUT2D eigenvalue weighted by atomic mass is 10.3. The SMILES string of the molecule is CCOC(=O)C/C(=C/S)NC. The summed E-state index contributed by atoms with van der Waals surface area (Å²) in [6.07, 6.45) is 0.258. The van der Waals surface area contributed by atoms with E-state index in [1.807, 2.05) is 0 Å². The first-order valence-electron chi connectivity index (χ1n) is 3.41. The highest BCUT2D eigenvalue weighted by Crippen LogP contribution is 1.99. The van der Waals surface area contributed by atoms with Crippen LogP contribution in [0.2, 0.25) is 0 Å². The molecule has 4 heteroatoms. The molecule has 0 atom stereocenters. The third kappa shape index (κ3) is 4.72. The number of hydrogen-bond acceptors (Lipinski definition) is 4. The largest absolute Gasteiger partial charge is 0.466 e. The molecule has 64 valence electrons. The number of carbonyl (C=O) groups excluding carboxylic acids is 1. The summed E-state index contributed by atoms with van der Waals surface area (Å²) in [4.78, 5) is 10.8. The first-order chi connectivity index (χ1) is 5.24. The lowest BCUT2D eigenvalue weighted by Crippen LogP contribution is -2.12. The zero-order chi connectivity index (χ0) is 8.69. The van der Waals surface area contributed by atoms with E-state index in [-0.39, 0.29) is 12.4 Å². The van der Waals surface area contributed by atoms with Crippen LogP contribution in [-0.2, 0) is 9.53 Å². The van der Waals surface area contributed by atoms with Gasteiger partial charge in [0.1, 0.15) is 0 Å². The average molecular weight is 175 g/mol. The molecule has 11 heavy (non-hydrogen) atoms. The number of rotatable bonds is 4. The molecule has 0 spiro atoms. The van der Waals surface area contributed by atoms with E-state index in [0.717, 1.165) is 5.70 Å². The Bertz CT molecular complexity index is 157. The number of esters is 1. The summed E-state index contributed by atoms with van der Waals surface area (Å²) in [6.45, 7) is 2.20. The van der Waals surface area contributed by atoms with Crippen LogP contribution >= 0.6 is 12.6 Å². The van der Waals surface area contributed by atoms with Crippen LogP contribution < -0.4 is 5.32 Å². The predicted molar refractivity (Wildman–Crippen MR) is 47.4 cm³/mol. The summed E-state index contributed by atoms with van der Waals surface area (Å²) in [5.41, 5.74) is 0.756. The Balaban J connectivity index is 3.73. The first-order valence-corrected chi connectivity index (χ1v) is 3.92. The summed E-state index contributed by atoms with van der Waals surface area (Å²) in [5, 5.41) is 4.38. The lowest BCUT2D eigenvalue weighted by molar-refractivity contribution is -0.142. The molecule has 0 amide bonds. The normalized spacial score (nSPS) is 11.0. The predicted octanol–water partition coefficient (Wildman–Crippen LogP) is 0.930.